The van der Waals surface area contributed by atoms with E-state index in [1.165, 1.54) is 5.56 Å². The van der Waals surface area contributed by atoms with Crippen LogP contribution in [-0.4, -0.2) is 73.5 Å². The molecule has 0 amide bonds. The van der Waals surface area contributed by atoms with E-state index >= 15 is 0 Å². The molecular weight excluding hydrogens is 296 g/mol. The topological polar surface area (TPSA) is 63.2 Å². The Morgan fingerprint density at radius 3 is 2.74 bits per heavy atom. The van der Waals surface area contributed by atoms with Crippen molar-refractivity contribution in [1.82, 2.24) is 10.2 Å². The minimum Gasteiger partial charge on any atom is -0.390 e. The molecule has 3 saturated heterocycles. The van der Waals surface area contributed by atoms with Crippen LogP contribution in [0.2, 0.25) is 0 Å². The monoisotopic (exact) mass is 320 g/mol. The lowest BCUT2D eigenvalue weighted by Gasteiger charge is -2.45. The summed E-state index contributed by atoms with van der Waals surface area (Å²) in [4.78, 5) is 2.23. The molecule has 3 heterocycles. The highest BCUT2D eigenvalue weighted by atomic mass is 16.7. The summed E-state index contributed by atoms with van der Waals surface area (Å²) in [5, 5.41) is 14.4. The number of fused-ring (bicyclic) bond motifs is 2. The Kier molecular flexibility index (Phi) is 4.61. The average Bonchev–Trinajstić information content (AvgIpc) is 3.02. The lowest BCUT2D eigenvalue weighted by atomic mass is 9.94. The Labute approximate surface area is 136 Å². The Morgan fingerprint density at radius 1 is 1.17 bits per heavy atom. The van der Waals surface area contributed by atoms with Gasteiger partial charge in [0.05, 0.1) is 38.0 Å². The third kappa shape index (κ3) is 3.15. The smallest absolute Gasteiger partial charge is 0.176 e. The molecule has 5 atom stereocenters. The van der Waals surface area contributed by atoms with Gasteiger partial charge in [-0.2, -0.15) is 0 Å². The number of nitrogens with one attached hydrogen (secondary N) is 1. The summed E-state index contributed by atoms with van der Waals surface area (Å²) in [6, 6.07) is 9.96. The number of hydrogen-bond donors (Lipinski definition) is 2. The highest BCUT2D eigenvalue weighted by Crippen LogP contribution is 2.31. The van der Waals surface area contributed by atoms with E-state index in [0.717, 1.165) is 13.1 Å². The van der Waals surface area contributed by atoms with Gasteiger partial charge in [0.25, 0.3) is 0 Å². The molecule has 3 fully saturated rings. The molecule has 23 heavy (non-hydrogen) atoms. The van der Waals surface area contributed by atoms with Crippen molar-refractivity contribution >= 4 is 0 Å². The van der Waals surface area contributed by atoms with Crippen LogP contribution >= 0.6 is 0 Å². The number of aliphatic hydroxyl groups excluding tert-OH is 1. The standard InChI is InChI=1S/C17H24N2O4/c20-16-14(18-10-12-4-2-1-3-5-12)13-11-22-17(23-13)15(16)19-6-8-21-9-7-19/h1-5,13-18,20H,6-11H2/t13-,14-,15+,16-,17+/m0/s1. The van der Waals surface area contributed by atoms with Crippen molar-refractivity contribution < 1.29 is 19.3 Å². The molecule has 6 heteroatoms. The second kappa shape index (κ2) is 6.84. The second-order valence-corrected chi connectivity index (χ2v) is 6.40. The molecule has 6 nitrogen and oxygen atoms in total. The van der Waals surface area contributed by atoms with Gasteiger partial charge in [0.15, 0.2) is 6.29 Å². The first-order chi connectivity index (χ1) is 11.3. The van der Waals surface area contributed by atoms with E-state index in [1.54, 1.807) is 0 Å². The fraction of sp³-hybridized carbons (Fsp3) is 0.647. The predicted octanol–water partition coefficient (Wildman–Crippen LogP) is -0.0384. The molecule has 2 N–H and O–H groups in total. The first-order valence-corrected chi connectivity index (χ1v) is 8.37. The molecule has 0 unspecified atom stereocenters. The normalized spacial score (nSPS) is 37.9. The minimum absolute atomic E-state index is 0.0870. The van der Waals surface area contributed by atoms with Gasteiger partial charge in [0.2, 0.25) is 0 Å². The molecular formula is C17H24N2O4. The number of morpholine rings is 1. The Hall–Kier alpha value is -1.02. The van der Waals surface area contributed by atoms with Gasteiger partial charge in [-0.25, -0.2) is 0 Å². The summed E-state index contributed by atoms with van der Waals surface area (Å²) in [7, 11) is 0. The fourth-order valence-electron chi connectivity index (χ4n) is 3.75. The predicted molar refractivity (Wildman–Crippen MR) is 83.9 cm³/mol. The van der Waals surface area contributed by atoms with E-state index in [0.29, 0.717) is 26.4 Å². The number of nitrogens with zero attached hydrogens (tertiary/aromatic N) is 1. The van der Waals surface area contributed by atoms with E-state index in [2.05, 4.69) is 22.3 Å². The van der Waals surface area contributed by atoms with E-state index in [1.807, 2.05) is 18.2 Å². The summed E-state index contributed by atoms with van der Waals surface area (Å²) in [5.41, 5.74) is 1.20. The largest absolute Gasteiger partial charge is 0.390 e. The van der Waals surface area contributed by atoms with Crippen LogP contribution in [0.15, 0.2) is 30.3 Å². The van der Waals surface area contributed by atoms with Crippen molar-refractivity contribution in [3.05, 3.63) is 35.9 Å². The third-order valence-electron chi connectivity index (χ3n) is 4.98. The van der Waals surface area contributed by atoms with Crippen molar-refractivity contribution in [3.63, 3.8) is 0 Å². The van der Waals surface area contributed by atoms with Crippen LogP contribution in [0, 0.1) is 0 Å². The van der Waals surface area contributed by atoms with Gasteiger partial charge in [-0.1, -0.05) is 30.3 Å². The Morgan fingerprint density at radius 2 is 1.96 bits per heavy atom. The van der Waals surface area contributed by atoms with Gasteiger partial charge in [-0.15, -0.1) is 0 Å². The summed E-state index contributed by atoms with van der Waals surface area (Å²) in [5.74, 6) is 0. The van der Waals surface area contributed by atoms with Gasteiger partial charge in [0, 0.05) is 19.6 Å². The maximum absolute atomic E-state index is 10.9. The third-order valence-corrected chi connectivity index (χ3v) is 4.98. The van der Waals surface area contributed by atoms with Gasteiger partial charge < -0.3 is 24.6 Å². The zero-order valence-corrected chi connectivity index (χ0v) is 13.1. The number of ether oxygens (including phenoxy) is 3. The summed E-state index contributed by atoms with van der Waals surface area (Å²) >= 11 is 0. The summed E-state index contributed by atoms with van der Waals surface area (Å²) in [6.45, 7) is 4.25. The molecule has 0 spiro atoms. The van der Waals surface area contributed by atoms with E-state index in [-0.39, 0.29) is 24.5 Å². The lowest BCUT2D eigenvalue weighted by Crippen LogP contribution is -2.65. The van der Waals surface area contributed by atoms with E-state index < -0.39 is 6.10 Å². The van der Waals surface area contributed by atoms with Crippen LogP contribution < -0.4 is 5.32 Å². The van der Waals surface area contributed by atoms with Crippen LogP contribution in [0.3, 0.4) is 0 Å². The molecule has 0 radical (unpaired) electrons. The molecule has 0 aromatic heterocycles. The molecule has 126 valence electrons. The molecule has 4 rings (SSSR count). The zero-order valence-electron chi connectivity index (χ0n) is 13.1. The highest BCUT2D eigenvalue weighted by Gasteiger charge is 2.51. The summed E-state index contributed by atoms with van der Waals surface area (Å²) < 4.78 is 17.2. The van der Waals surface area contributed by atoms with E-state index in [4.69, 9.17) is 14.2 Å². The molecule has 1 aromatic rings. The summed E-state index contributed by atoms with van der Waals surface area (Å²) in [6.07, 6.45) is -0.929. The molecule has 0 aliphatic carbocycles. The lowest BCUT2D eigenvalue weighted by molar-refractivity contribution is -0.191. The van der Waals surface area contributed by atoms with Crippen LogP contribution in [0.5, 0.6) is 0 Å². The van der Waals surface area contributed by atoms with Gasteiger partial charge in [-0.05, 0) is 5.56 Å². The van der Waals surface area contributed by atoms with Gasteiger partial charge >= 0.3 is 0 Å². The van der Waals surface area contributed by atoms with Crippen molar-refractivity contribution in [2.45, 2.75) is 37.1 Å². The maximum atomic E-state index is 10.9. The fourth-order valence-corrected chi connectivity index (χ4v) is 3.75. The number of aliphatic hydroxyl groups is 1. The Balaban J connectivity index is 1.45. The molecule has 0 saturated carbocycles. The van der Waals surface area contributed by atoms with E-state index in [9.17, 15) is 5.11 Å². The number of rotatable bonds is 4. The van der Waals surface area contributed by atoms with Gasteiger partial charge in [0.1, 0.15) is 6.10 Å². The quantitative estimate of drug-likeness (QED) is 0.812. The Bertz CT molecular complexity index is 509. The molecule has 2 bridgehead atoms. The zero-order chi connectivity index (χ0) is 15.6. The number of hydrogen-bond acceptors (Lipinski definition) is 6. The van der Waals surface area contributed by atoms with Crippen molar-refractivity contribution in [2.75, 3.05) is 32.9 Å². The minimum atomic E-state index is -0.511. The van der Waals surface area contributed by atoms with Crippen LogP contribution in [0.25, 0.3) is 0 Å². The average molecular weight is 320 g/mol. The SMILES string of the molecule is O[C@H]1[C@@H](NCc2ccccc2)[C@@H]2CO[C@H](O2)[C@@H]1N1CCOCC1. The van der Waals surface area contributed by atoms with Crippen molar-refractivity contribution in [3.8, 4) is 0 Å². The van der Waals surface area contributed by atoms with Gasteiger partial charge in [-0.3, -0.25) is 4.90 Å². The van der Waals surface area contributed by atoms with Crippen LogP contribution in [0.4, 0.5) is 0 Å². The highest BCUT2D eigenvalue weighted by molar-refractivity contribution is 5.15. The molecule has 3 aliphatic rings. The second-order valence-electron chi connectivity index (χ2n) is 6.40. The maximum Gasteiger partial charge on any atom is 0.176 e. The van der Waals surface area contributed by atoms with Crippen LogP contribution in [-0.2, 0) is 20.8 Å². The van der Waals surface area contributed by atoms with Crippen LogP contribution in [0.1, 0.15) is 5.56 Å². The first-order valence-electron chi connectivity index (χ1n) is 8.37. The number of benzene rings is 1. The molecule has 3 aliphatic heterocycles. The van der Waals surface area contributed by atoms with Crippen molar-refractivity contribution in [1.29, 1.82) is 0 Å². The molecule has 1 aromatic carbocycles. The van der Waals surface area contributed by atoms with Crippen molar-refractivity contribution in [2.24, 2.45) is 0 Å². The first kappa shape index (κ1) is 15.5.